The first-order chi connectivity index (χ1) is 12.7. The highest BCUT2D eigenvalue weighted by atomic mass is 32.2. The van der Waals surface area contributed by atoms with Gasteiger partial charge in [0, 0.05) is 38.8 Å². The number of aryl methyl sites for hydroxylation is 2. The van der Waals surface area contributed by atoms with E-state index in [0.29, 0.717) is 29.5 Å². The van der Waals surface area contributed by atoms with Crippen molar-refractivity contribution in [1.82, 2.24) is 14.5 Å². The summed E-state index contributed by atoms with van der Waals surface area (Å²) in [7, 11) is -1.44. The molecule has 1 aromatic rings. The summed E-state index contributed by atoms with van der Waals surface area (Å²) in [5.74, 6) is 1.12. The fraction of sp³-hybridized carbons (Fsp3) is 0.700. The third kappa shape index (κ3) is 5.67. The Morgan fingerprint density at radius 2 is 1.74 bits per heavy atom. The van der Waals surface area contributed by atoms with E-state index in [2.05, 4.69) is 35.4 Å². The van der Waals surface area contributed by atoms with Crippen LogP contribution in [0.4, 0.5) is 0 Å². The van der Waals surface area contributed by atoms with Gasteiger partial charge < -0.3 is 9.64 Å². The zero-order chi connectivity index (χ0) is 20.2. The number of likely N-dealkylation sites (N-methyl/N-ethyl adjacent to an activating group) is 1. The predicted molar refractivity (Wildman–Crippen MR) is 110 cm³/mol. The first kappa shape index (κ1) is 22.1. The van der Waals surface area contributed by atoms with E-state index < -0.39 is 10.0 Å². The SMILES string of the molecule is CCOc1cc(C)c(S(=O)(=O)NCC(C(C)C)N2CCN(C)CC2)cc1C. The molecule has 1 unspecified atom stereocenters. The highest BCUT2D eigenvalue weighted by Gasteiger charge is 2.27. The Kier molecular flexibility index (Phi) is 7.68. The Labute approximate surface area is 164 Å². The number of nitrogens with zero attached hydrogens (tertiary/aromatic N) is 2. The van der Waals surface area contributed by atoms with E-state index in [1.807, 2.05) is 26.8 Å². The molecule has 1 aliphatic rings. The maximum absolute atomic E-state index is 13.0. The van der Waals surface area contributed by atoms with Crippen molar-refractivity contribution in [2.75, 3.05) is 46.4 Å². The van der Waals surface area contributed by atoms with Crippen LogP contribution in [0.2, 0.25) is 0 Å². The summed E-state index contributed by atoms with van der Waals surface area (Å²) in [6, 6.07) is 3.72. The Balaban J connectivity index is 2.14. The topological polar surface area (TPSA) is 61.9 Å². The van der Waals surface area contributed by atoms with Crippen molar-refractivity contribution >= 4 is 10.0 Å². The molecule has 6 nitrogen and oxygen atoms in total. The number of rotatable bonds is 8. The molecule has 27 heavy (non-hydrogen) atoms. The molecule has 0 amide bonds. The monoisotopic (exact) mass is 397 g/mol. The lowest BCUT2D eigenvalue weighted by Gasteiger charge is -2.39. The second-order valence-corrected chi connectivity index (χ2v) is 9.55. The van der Waals surface area contributed by atoms with Crippen LogP contribution < -0.4 is 9.46 Å². The maximum atomic E-state index is 13.0. The number of ether oxygens (including phenoxy) is 1. The van der Waals surface area contributed by atoms with Gasteiger partial charge in [-0.2, -0.15) is 0 Å². The number of piperazine rings is 1. The second kappa shape index (κ2) is 9.37. The van der Waals surface area contributed by atoms with E-state index in [1.54, 1.807) is 6.07 Å². The van der Waals surface area contributed by atoms with E-state index in [4.69, 9.17) is 4.74 Å². The average Bonchev–Trinajstić information content (AvgIpc) is 2.59. The third-order valence-corrected chi connectivity index (χ3v) is 6.89. The number of sulfonamides is 1. The van der Waals surface area contributed by atoms with Gasteiger partial charge in [-0.1, -0.05) is 13.8 Å². The summed E-state index contributed by atoms with van der Waals surface area (Å²) < 4.78 is 34.4. The molecule has 154 valence electrons. The number of benzene rings is 1. The summed E-state index contributed by atoms with van der Waals surface area (Å²) in [5, 5.41) is 0. The van der Waals surface area contributed by atoms with Crippen molar-refractivity contribution in [3.8, 4) is 5.75 Å². The molecule has 1 aromatic carbocycles. The van der Waals surface area contributed by atoms with E-state index in [9.17, 15) is 8.42 Å². The van der Waals surface area contributed by atoms with Gasteiger partial charge in [0.1, 0.15) is 5.75 Å². The van der Waals surface area contributed by atoms with Crippen LogP contribution in [0, 0.1) is 19.8 Å². The fourth-order valence-corrected chi connectivity index (χ4v) is 4.94. The van der Waals surface area contributed by atoms with Crippen molar-refractivity contribution in [1.29, 1.82) is 0 Å². The lowest BCUT2D eigenvalue weighted by molar-refractivity contribution is 0.0905. The van der Waals surface area contributed by atoms with Gasteiger partial charge in [0.05, 0.1) is 11.5 Å². The quantitative estimate of drug-likeness (QED) is 0.729. The van der Waals surface area contributed by atoms with Gasteiger partial charge in [-0.05, 0) is 57.0 Å². The smallest absolute Gasteiger partial charge is 0.240 e. The lowest BCUT2D eigenvalue weighted by Crippen LogP contribution is -2.54. The van der Waals surface area contributed by atoms with Gasteiger partial charge in [-0.3, -0.25) is 4.90 Å². The minimum atomic E-state index is -3.57. The minimum Gasteiger partial charge on any atom is -0.494 e. The Hall–Kier alpha value is -1.15. The first-order valence-electron chi connectivity index (χ1n) is 9.82. The highest BCUT2D eigenvalue weighted by molar-refractivity contribution is 7.89. The maximum Gasteiger partial charge on any atom is 0.240 e. The fourth-order valence-electron chi connectivity index (χ4n) is 3.58. The van der Waals surface area contributed by atoms with Crippen molar-refractivity contribution in [2.24, 2.45) is 5.92 Å². The number of hydrogen-bond acceptors (Lipinski definition) is 5. The molecular formula is C20H35N3O3S. The lowest BCUT2D eigenvalue weighted by atomic mass is 10.0. The van der Waals surface area contributed by atoms with Gasteiger partial charge in [0.25, 0.3) is 0 Å². The largest absolute Gasteiger partial charge is 0.494 e. The summed E-state index contributed by atoms with van der Waals surface area (Å²) in [6.07, 6.45) is 0. The molecule has 1 N–H and O–H groups in total. The van der Waals surface area contributed by atoms with Crippen LogP contribution >= 0.6 is 0 Å². The number of nitrogens with one attached hydrogen (secondary N) is 1. The molecule has 0 aliphatic carbocycles. The van der Waals surface area contributed by atoms with Gasteiger partial charge in [0.2, 0.25) is 10.0 Å². The van der Waals surface area contributed by atoms with Crippen molar-refractivity contribution < 1.29 is 13.2 Å². The Bertz CT molecular complexity index is 726. The van der Waals surface area contributed by atoms with Crippen molar-refractivity contribution in [2.45, 2.75) is 45.6 Å². The molecule has 1 heterocycles. The van der Waals surface area contributed by atoms with Gasteiger partial charge in [0.15, 0.2) is 0 Å². The van der Waals surface area contributed by atoms with Crippen LogP contribution in [0.15, 0.2) is 17.0 Å². The number of hydrogen-bond donors (Lipinski definition) is 1. The molecule has 1 saturated heterocycles. The van der Waals surface area contributed by atoms with E-state index in [1.165, 1.54) is 0 Å². The van der Waals surface area contributed by atoms with E-state index in [0.717, 1.165) is 37.5 Å². The van der Waals surface area contributed by atoms with Crippen LogP contribution in [-0.2, 0) is 10.0 Å². The van der Waals surface area contributed by atoms with E-state index in [-0.39, 0.29) is 6.04 Å². The zero-order valence-corrected chi connectivity index (χ0v) is 18.4. The van der Waals surface area contributed by atoms with Gasteiger partial charge in [-0.15, -0.1) is 0 Å². The van der Waals surface area contributed by atoms with Gasteiger partial charge in [-0.25, -0.2) is 13.1 Å². The Morgan fingerprint density at radius 1 is 1.11 bits per heavy atom. The minimum absolute atomic E-state index is 0.192. The molecule has 0 saturated carbocycles. The first-order valence-corrected chi connectivity index (χ1v) is 11.3. The van der Waals surface area contributed by atoms with Crippen LogP contribution in [0.1, 0.15) is 31.9 Å². The molecule has 2 rings (SSSR count). The molecule has 0 radical (unpaired) electrons. The van der Waals surface area contributed by atoms with Crippen LogP contribution in [-0.4, -0.2) is 70.6 Å². The summed E-state index contributed by atoms with van der Waals surface area (Å²) in [5.41, 5.74) is 1.54. The molecule has 0 aromatic heterocycles. The molecular weight excluding hydrogens is 362 g/mol. The van der Waals surface area contributed by atoms with Crippen molar-refractivity contribution in [3.63, 3.8) is 0 Å². The van der Waals surface area contributed by atoms with Crippen LogP contribution in [0.5, 0.6) is 5.75 Å². The molecule has 0 spiro atoms. The summed E-state index contributed by atoms with van der Waals surface area (Å²) >= 11 is 0. The molecule has 1 fully saturated rings. The zero-order valence-electron chi connectivity index (χ0n) is 17.6. The van der Waals surface area contributed by atoms with Gasteiger partial charge >= 0.3 is 0 Å². The highest BCUT2D eigenvalue weighted by Crippen LogP contribution is 2.26. The molecule has 1 atom stereocenters. The average molecular weight is 398 g/mol. The predicted octanol–water partition coefficient (Wildman–Crippen LogP) is 2.25. The third-order valence-electron chi connectivity index (χ3n) is 5.32. The summed E-state index contributed by atoms with van der Waals surface area (Å²) in [6.45, 7) is 14.9. The van der Waals surface area contributed by atoms with Crippen LogP contribution in [0.25, 0.3) is 0 Å². The second-order valence-electron chi connectivity index (χ2n) is 7.82. The molecule has 1 aliphatic heterocycles. The normalized spacial score (nSPS) is 18.0. The molecule has 7 heteroatoms. The summed E-state index contributed by atoms with van der Waals surface area (Å²) in [4.78, 5) is 5.05. The Morgan fingerprint density at radius 3 is 2.30 bits per heavy atom. The standard InChI is InChI=1S/C20H35N3O3S/c1-7-26-19-12-17(5)20(13-16(19)4)27(24,25)21-14-18(15(2)3)23-10-8-22(6)9-11-23/h12-13,15,18,21H,7-11,14H2,1-6H3. The van der Waals surface area contributed by atoms with Crippen LogP contribution in [0.3, 0.4) is 0 Å². The van der Waals surface area contributed by atoms with E-state index >= 15 is 0 Å². The van der Waals surface area contributed by atoms with Crippen molar-refractivity contribution in [3.05, 3.63) is 23.3 Å². The molecule has 0 bridgehead atoms.